The summed E-state index contributed by atoms with van der Waals surface area (Å²) >= 11 is 1.35. The van der Waals surface area contributed by atoms with E-state index >= 15 is 0 Å². The number of likely N-dealkylation sites (tertiary alicyclic amines) is 1. The Morgan fingerprint density at radius 2 is 1.79 bits per heavy atom. The molecule has 1 amide bonds. The fraction of sp³-hybridized carbons (Fsp3) is 0.346. The fourth-order valence-electron chi connectivity index (χ4n) is 4.57. The molecule has 3 heterocycles. The van der Waals surface area contributed by atoms with Crippen LogP contribution in [-0.2, 0) is 4.79 Å². The number of thioether (sulfide) groups is 1. The van der Waals surface area contributed by atoms with E-state index in [4.69, 9.17) is 4.98 Å². The molecule has 33 heavy (non-hydrogen) atoms. The SMILES string of the molecule is Cc1cccc(-n2c(SCC(=O)N3CCCCCC3)nc3c([nH]c4ccccc43)c2=O)c1C. The van der Waals surface area contributed by atoms with Gasteiger partial charge in [0.1, 0.15) is 11.0 Å². The first-order valence-corrected chi connectivity index (χ1v) is 12.5. The Bertz CT molecular complexity index is 1400. The summed E-state index contributed by atoms with van der Waals surface area (Å²) in [5, 5.41) is 1.47. The minimum absolute atomic E-state index is 0.114. The Morgan fingerprint density at radius 3 is 2.58 bits per heavy atom. The van der Waals surface area contributed by atoms with Gasteiger partial charge >= 0.3 is 0 Å². The lowest BCUT2D eigenvalue weighted by atomic mass is 10.1. The molecule has 1 aliphatic heterocycles. The van der Waals surface area contributed by atoms with Gasteiger partial charge < -0.3 is 9.88 Å². The highest BCUT2D eigenvalue weighted by Crippen LogP contribution is 2.28. The lowest BCUT2D eigenvalue weighted by Crippen LogP contribution is -2.33. The molecule has 1 saturated heterocycles. The van der Waals surface area contributed by atoms with E-state index in [-0.39, 0.29) is 17.2 Å². The smallest absolute Gasteiger partial charge is 0.283 e. The van der Waals surface area contributed by atoms with Crippen LogP contribution in [-0.4, -0.2) is 44.2 Å². The van der Waals surface area contributed by atoms with Gasteiger partial charge in [0.05, 0.1) is 11.4 Å². The maximum absolute atomic E-state index is 13.8. The number of nitrogens with one attached hydrogen (secondary N) is 1. The van der Waals surface area contributed by atoms with Crippen LogP contribution in [0.3, 0.4) is 0 Å². The Hall–Kier alpha value is -3.06. The van der Waals surface area contributed by atoms with Gasteiger partial charge in [-0.15, -0.1) is 0 Å². The first kappa shape index (κ1) is 21.8. The predicted molar refractivity (Wildman–Crippen MR) is 134 cm³/mol. The molecule has 0 bridgehead atoms. The summed E-state index contributed by atoms with van der Waals surface area (Å²) in [5.41, 5.74) is 4.81. The van der Waals surface area contributed by atoms with Gasteiger partial charge in [-0.25, -0.2) is 4.98 Å². The van der Waals surface area contributed by atoms with Crippen LogP contribution in [0.5, 0.6) is 0 Å². The lowest BCUT2D eigenvalue weighted by molar-refractivity contribution is -0.128. The zero-order chi connectivity index (χ0) is 22.9. The number of amides is 1. The van der Waals surface area contributed by atoms with Crippen molar-refractivity contribution in [2.45, 2.75) is 44.7 Å². The van der Waals surface area contributed by atoms with E-state index in [2.05, 4.69) is 4.98 Å². The number of hydrogen-bond acceptors (Lipinski definition) is 4. The van der Waals surface area contributed by atoms with Gasteiger partial charge in [-0.05, 0) is 49.9 Å². The molecule has 0 spiro atoms. The lowest BCUT2D eigenvalue weighted by Gasteiger charge is -2.20. The highest BCUT2D eigenvalue weighted by Gasteiger charge is 2.21. The number of carbonyl (C=O) groups excluding carboxylic acids is 1. The standard InChI is InChI=1S/C26H28N4O2S/c1-17-10-9-13-21(18(17)2)30-25(32)24-23(19-11-5-6-12-20(19)27-24)28-26(30)33-16-22(31)29-14-7-3-4-8-15-29/h5-6,9-13,27H,3-4,7-8,14-16H2,1-2H3. The highest BCUT2D eigenvalue weighted by atomic mass is 32.2. The number of fused-ring (bicyclic) bond motifs is 3. The molecule has 0 saturated carbocycles. The maximum Gasteiger partial charge on any atom is 0.283 e. The van der Waals surface area contributed by atoms with E-state index in [1.54, 1.807) is 4.57 Å². The molecule has 5 rings (SSSR count). The third-order valence-corrected chi connectivity index (χ3v) is 7.52. The van der Waals surface area contributed by atoms with Crippen LogP contribution >= 0.6 is 11.8 Å². The summed E-state index contributed by atoms with van der Waals surface area (Å²) in [5.74, 6) is 0.383. The van der Waals surface area contributed by atoms with Crippen molar-refractivity contribution in [1.29, 1.82) is 0 Å². The largest absolute Gasteiger partial charge is 0.349 e. The Kier molecular flexibility index (Phi) is 5.98. The number of hydrogen-bond donors (Lipinski definition) is 1. The Balaban J connectivity index is 1.62. The highest BCUT2D eigenvalue weighted by molar-refractivity contribution is 7.99. The van der Waals surface area contributed by atoms with Crippen LogP contribution in [0.1, 0.15) is 36.8 Å². The van der Waals surface area contributed by atoms with E-state index in [1.165, 1.54) is 24.6 Å². The van der Waals surface area contributed by atoms with Gasteiger partial charge in [-0.3, -0.25) is 14.2 Å². The summed E-state index contributed by atoms with van der Waals surface area (Å²) < 4.78 is 1.67. The van der Waals surface area contributed by atoms with Crippen LogP contribution < -0.4 is 5.56 Å². The minimum Gasteiger partial charge on any atom is -0.349 e. The molecular formula is C26H28N4O2S. The molecule has 1 fully saturated rings. The second kappa shape index (κ2) is 9.06. The van der Waals surface area contributed by atoms with Crippen molar-refractivity contribution in [2.75, 3.05) is 18.8 Å². The number of benzene rings is 2. The van der Waals surface area contributed by atoms with Gasteiger partial charge in [-0.2, -0.15) is 0 Å². The first-order chi connectivity index (χ1) is 16.0. The zero-order valence-corrected chi connectivity index (χ0v) is 19.9. The summed E-state index contributed by atoms with van der Waals surface area (Å²) in [6.45, 7) is 5.69. The number of rotatable bonds is 4. The number of aromatic amines is 1. The van der Waals surface area contributed by atoms with Crippen LogP contribution in [0.25, 0.3) is 27.6 Å². The third-order valence-electron chi connectivity index (χ3n) is 6.59. The van der Waals surface area contributed by atoms with Crippen LogP contribution in [0, 0.1) is 13.8 Å². The van der Waals surface area contributed by atoms with E-state index in [1.807, 2.05) is 61.2 Å². The topological polar surface area (TPSA) is 71.0 Å². The molecule has 0 aliphatic carbocycles. The van der Waals surface area contributed by atoms with Crippen LogP contribution in [0.15, 0.2) is 52.4 Å². The maximum atomic E-state index is 13.8. The molecule has 0 atom stereocenters. The second-order valence-corrected chi connectivity index (χ2v) is 9.67. The molecule has 4 aromatic rings. The molecule has 1 aliphatic rings. The van der Waals surface area contributed by atoms with Crippen molar-refractivity contribution in [1.82, 2.24) is 19.4 Å². The van der Waals surface area contributed by atoms with E-state index < -0.39 is 0 Å². The number of H-pyrrole nitrogens is 1. The number of aromatic nitrogens is 3. The number of nitrogens with zero attached hydrogens (tertiary/aromatic N) is 3. The molecule has 1 N–H and O–H groups in total. The summed E-state index contributed by atoms with van der Waals surface area (Å²) in [6, 6.07) is 13.7. The van der Waals surface area contributed by atoms with Gasteiger partial charge in [0.2, 0.25) is 5.91 Å². The van der Waals surface area contributed by atoms with Crippen molar-refractivity contribution >= 4 is 39.6 Å². The summed E-state index contributed by atoms with van der Waals surface area (Å²) in [7, 11) is 0. The fourth-order valence-corrected chi connectivity index (χ4v) is 5.47. The molecule has 2 aromatic heterocycles. The monoisotopic (exact) mass is 460 g/mol. The van der Waals surface area contributed by atoms with E-state index in [9.17, 15) is 9.59 Å². The molecular weight excluding hydrogens is 432 g/mol. The third kappa shape index (κ3) is 4.06. The molecule has 0 unspecified atom stereocenters. The normalized spacial score (nSPS) is 14.7. The Morgan fingerprint density at radius 1 is 1.03 bits per heavy atom. The average molecular weight is 461 g/mol. The van der Waals surface area contributed by atoms with E-state index in [0.29, 0.717) is 16.2 Å². The van der Waals surface area contributed by atoms with Gasteiger partial charge in [0.25, 0.3) is 5.56 Å². The van der Waals surface area contributed by atoms with Crippen molar-refractivity contribution in [3.63, 3.8) is 0 Å². The zero-order valence-electron chi connectivity index (χ0n) is 19.1. The summed E-state index contributed by atoms with van der Waals surface area (Å²) in [4.78, 5) is 36.9. The van der Waals surface area contributed by atoms with Crippen LogP contribution in [0.2, 0.25) is 0 Å². The second-order valence-electron chi connectivity index (χ2n) is 8.73. The van der Waals surface area contributed by atoms with Crippen molar-refractivity contribution in [2.24, 2.45) is 0 Å². The number of para-hydroxylation sites is 1. The minimum atomic E-state index is -0.144. The molecule has 170 valence electrons. The van der Waals surface area contributed by atoms with Crippen LogP contribution in [0.4, 0.5) is 0 Å². The predicted octanol–water partition coefficient (Wildman–Crippen LogP) is 4.98. The Labute approximate surface area is 197 Å². The van der Waals surface area contributed by atoms with Crippen molar-refractivity contribution < 1.29 is 4.79 Å². The first-order valence-electron chi connectivity index (χ1n) is 11.6. The van der Waals surface area contributed by atoms with Crippen molar-refractivity contribution in [3.8, 4) is 5.69 Å². The molecule has 0 radical (unpaired) electrons. The summed E-state index contributed by atoms with van der Waals surface area (Å²) in [6.07, 6.45) is 4.48. The van der Waals surface area contributed by atoms with Gasteiger partial charge in [0.15, 0.2) is 5.16 Å². The molecule has 7 heteroatoms. The van der Waals surface area contributed by atoms with Gasteiger partial charge in [-0.1, -0.05) is 54.9 Å². The van der Waals surface area contributed by atoms with E-state index in [0.717, 1.165) is 53.6 Å². The van der Waals surface area contributed by atoms with Gasteiger partial charge in [0, 0.05) is 24.0 Å². The number of aryl methyl sites for hydroxylation is 1. The number of carbonyl (C=O) groups is 1. The quantitative estimate of drug-likeness (QED) is 0.344. The van der Waals surface area contributed by atoms with Crippen molar-refractivity contribution in [3.05, 3.63) is 63.9 Å². The average Bonchev–Trinajstić information content (AvgIpc) is 2.99. The molecule has 2 aromatic carbocycles. The molecule has 6 nitrogen and oxygen atoms in total.